The fraction of sp³-hybridized carbons (Fsp3) is 0.923. The standard InChI is InChI=1S/C13H28N2O3/c1-4-6-15(7-5-2)13(17)12-14(8-10-16)9-11-18-3/h16H,4-12H2,1-3H3. The van der Waals surface area contributed by atoms with Crippen LogP contribution in [0.15, 0.2) is 0 Å². The lowest BCUT2D eigenvalue weighted by molar-refractivity contribution is -0.132. The number of nitrogens with zero attached hydrogens (tertiary/aromatic N) is 2. The van der Waals surface area contributed by atoms with Crippen molar-refractivity contribution in [2.45, 2.75) is 26.7 Å². The Balaban J connectivity index is 4.25. The largest absolute Gasteiger partial charge is 0.395 e. The molecule has 5 heteroatoms. The summed E-state index contributed by atoms with van der Waals surface area (Å²) in [6.07, 6.45) is 1.95. The van der Waals surface area contributed by atoms with Crippen molar-refractivity contribution < 1.29 is 14.6 Å². The SMILES string of the molecule is CCCN(CCC)C(=O)CN(CCO)CCOC. The first-order valence-corrected chi connectivity index (χ1v) is 6.79. The molecule has 0 atom stereocenters. The molecule has 5 nitrogen and oxygen atoms in total. The van der Waals surface area contributed by atoms with Crippen LogP contribution in [0, 0.1) is 0 Å². The van der Waals surface area contributed by atoms with Gasteiger partial charge in [0, 0.05) is 33.3 Å². The van der Waals surface area contributed by atoms with Crippen LogP contribution in [0.1, 0.15) is 26.7 Å². The molecular formula is C13H28N2O3. The highest BCUT2D eigenvalue weighted by atomic mass is 16.5. The van der Waals surface area contributed by atoms with Gasteiger partial charge in [0.1, 0.15) is 0 Å². The lowest BCUT2D eigenvalue weighted by atomic mass is 10.3. The molecule has 0 fully saturated rings. The molecule has 18 heavy (non-hydrogen) atoms. The third-order valence-corrected chi connectivity index (χ3v) is 2.73. The second-order valence-corrected chi connectivity index (χ2v) is 4.37. The zero-order chi connectivity index (χ0) is 13.8. The van der Waals surface area contributed by atoms with Gasteiger partial charge in [-0.1, -0.05) is 13.8 Å². The van der Waals surface area contributed by atoms with E-state index in [4.69, 9.17) is 9.84 Å². The van der Waals surface area contributed by atoms with Crippen LogP contribution >= 0.6 is 0 Å². The molecule has 0 rings (SSSR count). The average molecular weight is 260 g/mol. The zero-order valence-corrected chi connectivity index (χ0v) is 12.0. The predicted octanol–water partition coefficient (Wildman–Crippen LogP) is 0.576. The molecular weight excluding hydrogens is 232 g/mol. The third kappa shape index (κ3) is 7.63. The van der Waals surface area contributed by atoms with E-state index in [1.165, 1.54) is 0 Å². The second kappa shape index (κ2) is 11.4. The molecule has 0 heterocycles. The first kappa shape index (κ1) is 17.4. The minimum Gasteiger partial charge on any atom is -0.395 e. The predicted molar refractivity (Wildman–Crippen MR) is 72.6 cm³/mol. The Labute approximate surface area is 111 Å². The van der Waals surface area contributed by atoms with E-state index in [1.807, 2.05) is 9.80 Å². The van der Waals surface area contributed by atoms with E-state index < -0.39 is 0 Å². The van der Waals surface area contributed by atoms with Gasteiger partial charge >= 0.3 is 0 Å². The van der Waals surface area contributed by atoms with Gasteiger partial charge in [-0.2, -0.15) is 0 Å². The second-order valence-electron chi connectivity index (χ2n) is 4.37. The maximum absolute atomic E-state index is 12.1. The van der Waals surface area contributed by atoms with Gasteiger partial charge in [-0.05, 0) is 12.8 Å². The Hall–Kier alpha value is -0.650. The molecule has 0 aromatic heterocycles. The van der Waals surface area contributed by atoms with Crippen molar-refractivity contribution in [1.82, 2.24) is 9.80 Å². The Kier molecular flexibility index (Phi) is 11.0. The van der Waals surface area contributed by atoms with Crippen LogP contribution < -0.4 is 0 Å². The van der Waals surface area contributed by atoms with Gasteiger partial charge in [0.2, 0.25) is 5.91 Å². The lowest BCUT2D eigenvalue weighted by Crippen LogP contribution is -2.43. The van der Waals surface area contributed by atoms with Gasteiger partial charge in [-0.25, -0.2) is 0 Å². The zero-order valence-electron chi connectivity index (χ0n) is 12.0. The van der Waals surface area contributed by atoms with Gasteiger partial charge < -0.3 is 14.7 Å². The lowest BCUT2D eigenvalue weighted by Gasteiger charge is -2.26. The molecule has 0 saturated carbocycles. The highest BCUT2D eigenvalue weighted by Gasteiger charge is 2.15. The maximum Gasteiger partial charge on any atom is 0.236 e. The number of ether oxygens (including phenoxy) is 1. The molecule has 0 spiro atoms. The number of amides is 1. The summed E-state index contributed by atoms with van der Waals surface area (Å²) in [6.45, 7) is 7.97. The van der Waals surface area contributed by atoms with Crippen LogP contribution in [0.3, 0.4) is 0 Å². The van der Waals surface area contributed by atoms with Crippen molar-refractivity contribution >= 4 is 5.91 Å². The summed E-state index contributed by atoms with van der Waals surface area (Å²) in [5.74, 6) is 0.142. The quantitative estimate of drug-likeness (QED) is 0.590. The number of carbonyl (C=O) groups excluding carboxylic acids is 1. The minimum absolute atomic E-state index is 0.0680. The van der Waals surface area contributed by atoms with Crippen molar-refractivity contribution in [2.75, 3.05) is 53.0 Å². The minimum atomic E-state index is 0.0680. The van der Waals surface area contributed by atoms with Gasteiger partial charge in [-0.3, -0.25) is 9.69 Å². The number of carbonyl (C=O) groups is 1. The molecule has 0 aromatic carbocycles. The van der Waals surface area contributed by atoms with Crippen molar-refractivity contribution in [3.8, 4) is 0 Å². The molecule has 0 saturated heterocycles. The van der Waals surface area contributed by atoms with Crippen LogP contribution in [-0.2, 0) is 9.53 Å². The highest BCUT2D eigenvalue weighted by molar-refractivity contribution is 5.78. The van der Waals surface area contributed by atoms with E-state index in [0.717, 1.165) is 25.9 Å². The molecule has 1 amide bonds. The summed E-state index contributed by atoms with van der Waals surface area (Å²) >= 11 is 0. The van der Waals surface area contributed by atoms with Crippen molar-refractivity contribution in [3.63, 3.8) is 0 Å². The van der Waals surface area contributed by atoms with Crippen molar-refractivity contribution in [2.24, 2.45) is 0 Å². The molecule has 0 aliphatic carbocycles. The fourth-order valence-corrected chi connectivity index (χ4v) is 1.82. The summed E-state index contributed by atoms with van der Waals surface area (Å²) in [6, 6.07) is 0. The molecule has 1 N–H and O–H groups in total. The van der Waals surface area contributed by atoms with E-state index in [9.17, 15) is 4.79 Å². The molecule has 108 valence electrons. The third-order valence-electron chi connectivity index (χ3n) is 2.73. The van der Waals surface area contributed by atoms with Gasteiger partial charge in [-0.15, -0.1) is 0 Å². The topological polar surface area (TPSA) is 53.0 Å². The van der Waals surface area contributed by atoms with Crippen LogP contribution in [0.25, 0.3) is 0 Å². The molecule has 0 bridgehead atoms. The number of methoxy groups -OCH3 is 1. The smallest absolute Gasteiger partial charge is 0.236 e. The van der Waals surface area contributed by atoms with E-state index in [0.29, 0.717) is 26.2 Å². The summed E-state index contributed by atoms with van der Waals surface area (Å²) in [4.78, 5) is 16.0. The number of aliphatic hydroxyl groups excluding tert-OH is 1. The number of rotatable bonds is 11. The first-order chi connectivity index (χ1) is 8.69. The van der Waals surface area contributed by atoms with Gasteiger partial charge in [0.25, 0.3) is 0 Å². The summed E-state index contributed by atoms with van der Waals surface area (Å²) < 4.78 is 5.01. The van der Waals surface area contributed by atoms with Crippen LogP contribution in [0.2, 0.25) is 0 Å². The molecule has 0 radical (unpaired) electrons. The van der Waals surface area contributed by atoms with Gasteiger partial charge in [0.05, 0.1) is 19.8 Å². The molecule has 0 unspecified atom stereocenters. The van der Waals surface area contributed by atoms with Crippen LogP contribution in [-0.4, -0.2) is 73.9 Å². The molecule has 0 aromatic rings. The summed E-state index contributed by atoms with van der Waals surface area (Å²) in [5.41, 5.74) is 0. The normalized spacial score (nSPS) is 10.9. The van der Waals surface area contributed by atoms with E-state index in [2.05, 4.69) is 13.8 Å². The Morgan fingerprint density at radius 3 is 2.17 bits per heavy atom. The average Bonchev–Trinajstić information content (AvgIpc) is 2.36. The van der Waals surface area contributed by atoms with Crippen molar-refractivity contribution in [1.29, 1.82) is 0 Å². The van der Waals surface area contributed by atoms with Gasteiger partial charge in [0.15, 0.2) is 0 Å². The molecule has 0 aliphatic rings. The van der Waals surface area contributed by atoms with Crippen LogP contribution in [0.4, 0.5) is 0 Å². The van der Waals surface area contributed by atoms with E-state index >= 15 is 0 Å². The van der Waals surface area contributed by atoms with E-state index in [-0.39, 0.29) is 12.5 Å². The Morgan fingerprint density at radius 2 is 1.72 bits per heavy atom. The van der Waals surface area contributed by atoms with Crippen LogP contribution in [0.5, 0.6) is 0 Å². The Morgan fingerprint density at radius 1 is 1.11 bits per heavy atom. The number of hydrogen-bond donors (Lipinski definition) is 1. The maximum atomic E-state index is 12.1. The highest BCUT2D eigenvalue weighted by Crippen LogP contribution is 1.98. The number of aliphatic hydroxyl groups is 1. The fourth-order valence-electron chi connectivity index (χ4n) is 1.82. The summed E-state index contributed by atoms with van der Waals surface area (Å²) in [7, 11) is 1.64. The summed E-state index contributed by atoms with van der Waals surface area (Å²) in [5, 5.41) is 8.99. The molecule has 0 aliphatic heterocycles. The monoisotopic (exact) mass is 260 g/mol. The van der Waals surface area contributed by atoms with E-state index in [1.54, 1.807) is 7.11 Å². The number of hydrogen-bond acceptors (Lipinski definition) is 4. The Bertz CT molecular complexity index is 206. The van der Waals surface area contributed by atoms with Crippen molar-refractivity contribution in [3.05, 3.63) is 0 Å². The first-order valence-electron chi connectivity index (χ1n) is 6.79.